The highest BCUT2D eigenvalue weighted by Gasteiger charge is 2.23. The minimum absolute atomic E-state index is 0.216. The topological polar surface area (TPSA) is 66.3 Å². The summed E-state index contributed by atoms with van der Waals surface area (Å²) in [5.74, 6) is 0.532. The summed E-state index contributed by atoms with van der Waals surface area (Å²) in [6.07, 6.45) is 1.26. The van der Waals surface area contributed by atoms with Gasteiger partial charge in [-0.05, 0) is 37.5 Å². The molecule has 4 aromatic heterocycles. The van der Waals surface area contributed by atoms with Crippen molar-refractivity contribution in [1.29, 1.82) is 0 Å². The van der Waals surface area contributed by atoms with Crippen molar-refractivity contribution < 1.29 is 8.78 Å². The molecule has 0 bridgehead atoms. The number of nitrogens with zero attached hydrogens (tertiary/aromatic N) is 7. The summed E-state index contributed by atoms with van der Waals surface area (Å²) >= 11 is 0. The van der Waals surface area contributed by atoms with Gasteiger partial charge in [0, 0.05) is 52.4 Å². The van der Waals surface area contributed by atoms with Crippen LogP contribution < -0.4 is 0 Å². The second-order valence-corrected chi connectivity index (χ2v) is 11.1. The molecule has 0 unspecified atom stereocenters. The number of fused-ring (bicyclic) bond motifs is 2. The normalized spacial score (nSPS) is 12.8. The lowest BCUT2D eigenvalue weighted by atomic mass is 9.95. The molecule has 6 rings (SSSR count). The predicted octanol–water partition coefficient (Wildman–Crippen LogP) is 7.44. The number of aromatic nitrogens is 7. The van der Waals surface area contributed by atoms with Crippen molar-refractivity contribution in [3.05, 3.63) is 89.5 Å². The fraction of sp³-hybridized carbons (Fsp3) is 0.312. The molecule has 0 N–H and O–H groups in total. The molecule has 0 spiro atoms. The molecule has 1 atom stereocenters. The van der Waals surface area contributed by atoms with Gasteiger partial charge in [0.2, 0.25) is 0 Å². The maximum atomic E-state index is 13.0. The molecular weight excluding hydrogens is 520 g/mol. The number of hydrogen-bond donors (Lipinski definition) is 0. The van der Waals surface area contributed by atoms with E-state index in [9.17, 15) is 8.78 Å². The summed E-state index contributed by atoms with van der Waals surface area (Å²) in [5, 5.41) is 16.0. The highest BCUT2D eigenvalue weighted by molar-refractivity contribution is 5.94. The van der Waals surface area contributed by atoms with Crippen molar-refractivity contribution in [1.82, 2.24) is 34.3 Å². The average molecular weight is 554 g/mol. The van der Waals surface area contributed by atoms with Crippen LogP contribution in [0.3, 0.4) is 0 Å². The summed E-state index contributed by atoms with van der Waals surface area (Å²) in [4.78, 5) is 4.63. The minimum Gasteiger partial charge on any atom is -0.271 e. The second kappa shape index (κ2) is 10.5. The Hall–Kier alpha value is -4.40. The lowest BCUT2D eigenvalue weighted by Crippen LogP contribution is -2.06. The molecule has 9 heteroatoms. The molecule has 210 valence electrons. The van der Waals surface area contributed by atoms with Crippen molar-refractivity contribution in [3.63, 3.8) is 0 Å². The van der Waals surface area contributed by atoms with Crippen LogP contribution in [0.4, 0.5) is 8.78 Å². The number of rotatable bonds is 8. The van der Waals surface area contributed by atoms with Gasteiger partial charge in [-0.1, -0.05) is 63.2 Å². The maximum absolute atomic E-state index is 13.0. The Morgan fingerprint density at radius 1 is 0.829 bits per heavy atom. The molecular formula is C32H33F2N7. The SMILES string of the molecule is Cc1nc2nn(CC(F)F)cc2cc1-n1nc(-c2cccc3nn(C[C@H](C)c4ccccc4)cc23)c(C(C)C)c1C. The standard InChI is InChI=1S/C32H33F2N7/c1-19(2)30-22(5)41(28-14-24-16-40(18-29(33)34)38-32(24)35-21(28)4)37-31(30)25-12-9-13-27-26(25)17-39(36-27)15-20(3)23-10-7-6-8-11-23/h6-14,16-17,19-20,29H,15,18H2,1-5H3/t20-/m0/s1. The Labute approximate surface area is 237 Å². The molecule has 0 aliphatic rings. The Morgan fingerprint density at radius 3 is 2.32 bits per heavy atom. The van der Waals surface area contributed by atoms with Crippen molar-refractivity contribution in [2.45, 2.75) is 66.0 Å². The number of benzene rings is 2. The fourth-order valence-corrected chi connectivity index (χ4v) is 5.73. The van der Waals surface area contributed by atoms with E-state index < -0.39 is 13.0 Å². The van der Waals surface area contributed by atoms with Gasteiger partial charge < -0.3 is 0 Å². The highest BCUT2D eigenvalue weighted by atomic mass is 19.3. The lowest BCUT2D eigenvalue weighted by molar-refractivity contribution is 0.122. The molecule has 6 aromatic rings. The van der Waals surface area contributed by atoms with E-state index >= 15 is 0 Å². The van der Waals surface area contributed by atoms with Gasteiger partial charge >= 0.3 is 0 Å². The first-order valence-electron chi connectivity index (χ1n) is 13.9. The van der Waals surface area contributed by atoms with Crippen molar-refractivity contribution >= 4 is 21.9 Å². The molecule has 0 radical (unpaired) electrons. The van der Waals surface area contributed by atoms with Crippen molar-refractivity contribution in [2.24, 2.45) is 0 Å². The Kier molecular flexibility index (Phi) is 6.89. The van der Waals surface area contributed by atoms with E-state index in [0.29, 0.717) is 17.0 Å². The third kappa shape index (κ3) is 5.01. The molecule has 0 aliphatic carbocycles. The summed E-state index contributed by atoms with van der Waals surface area (Å²) in [6, 6.07) is 18.6. The number of aryl methyl sites for hydroxylation is 1. The van der Waals surface area contributed by atoms with Gasteiger partial charge in [0.1, 0.15) is 6.54 Å². The molecule has 41 heavy (non-hydrogen) atoms. The van der Waals surface area contributed by atoms with Gasteiger partial charge in [-0.2, -0.15) is 15.3 Å². The first kappa shape index (κ1) is 26.8. The van der Waals surface area contributed by atoms with E-state index in [1.807, 2.05) is 40.6 Å². The minimum atomic E-state index is -2.48. The van der Waals surface area contributed by atoms with E-state index in [1.54, 1.807) is 6.20 Å². The first-order valence-corrected chi connectivity index (χ1v) is 13.9. The Balaban J connectivity index is 1.44. The molecule has 2 aromatic carbocycles. The van der Waals surface area contributed by atoms with Crippen LogP contribution in [0.5, 0.6) is 0 Å². The van der Waals surface area contributed by atoms with Crippen LogP contribution in [0.25, 0.3) is 38.9 Å². The molecule has 0 fully saturated rings. The van der Waals surface area contributed by atoms with E-state index in [4.69, 9.17) is 10.2 Å². The van der Waals surface area contributed by atoms with Crippen molar-refractivity contribution in [3.8, 4) is 16.9 Å². The van der Waals surface area contributed by atoms with Gasteiger partial charge in [0.15, 0.2) is 5.65 Å². The van der Waals surface area contributed by atoms with Crippen LogP contribution in [0.2, 0.25) is 0 Å². The Morgan fingerprint density at radius 2 is 1.59 bits per heavy atom. The van der Waals surface area contributed by atoms with Crippen LogP contribution in [0.15, 0.2) is 67.0 Å². The van der Waals surface area contributed by atoms with Gasteiger partial charge in [0.25, 0.3) is 6.43 Å². The van der Waals surface area contributed by atoms with Gasteiger partial charge in [-0.15, -0.1) is 0 Å². The van der Waals surface area contributed by atoms with Gasteiger partial charge in [0.05, 0.1) is 22.6 Å². The van der Waals surface area contributed by atoms with E-state index in [2.05, 4.69) is 74.3 Å². The third-order valence-corrected chi connectivity index (χ3v) is 7.68. The summed E-state index contributed by atoms with van der Waals surface area (Å²) in [6.45, 7) is 10.8. The highest BCUT2D eigenvalue weighted by Crippen LogP contribution is 2.37. The first-order chi connectivity index (χ1) is 19.7. The quantitative estimate of drug-likeness (QED) is 0.196. The smallest absolute Gasteiger partial charge is 0.257 e. The maximum Gasteiger partial charge on any atom is 0.257 e. The molecule has 0 aliphatic heterocycles. The summed E-state index contributed by atoms with van der Waals surface area (Å²) in [7, 11) is 0. The molecule has 0 saturated carbocycles. The van der Waals surface area contributed by atoms with Crippen LogP contribution in [-0.4, -0.2) is 40.8 Å². The number of halogens is 2. The van der Waals surface area contributed by atoms with Gasteiger partial charge in [-0.25, -0.2) is 18.4 Å². The van der Waals surface area contributed by atoms with Crippen LogP contribution >= 0.6 is 0 Å². The zero-order valence-corrected chi connectivity index (χ0v) is 23.9. The van der Waals surface area contributed by atoms with Crippen LogP contribution in [-0.2, 0) is 13.1 Å². The second-order valence-electron chi connectivity index (χ2n) is 11.1. The largest absolute Gasteiger partial charge is 0.271 e. The predicted molar refractivity (Wildman–Crippen MR) is 158 cm³/mol. The van der Waals surface area contributed by atoms with E-state index in [-0.39, 0.29) is 5.92 Å². The number of hydrogen-bond acceptors (Lipinski definition) is 4. The summed E-state index contributed by atoms with van der Waals surface area (Å²) < 4.78 is 31.1. The average Bonchev–Trinajstić information content (AvgIpc) is 3.62. The summed E-state index contributed by atoms with van der Waals surface area (Å²) in [5.41, 5.74) is 8.29. The van der Waals surface area contributed by atoms with E-state index in [1.165, 1.54) is 10.2 Å². The number of alkyl halides is 2. The van der Waals surface area contributed by atoms with Crippen LogP contribution in [0.1, 0.15) is 55.1 Å². The Bertz CT molecular complexity index is 1850. The monoisotopic (exact) mass is 553 g/mol. The third-order valence-electron chi connectivity index (χ3n) is 7.68. The molecule has 7 nitrogen and oxygen atoms in total. The van der Waals surface area contributed by atoms with Crippen LogP contribution in [0, 0.1) is 13.8 Å². The number of pyridine rings is 1. The molecule has 0 amide bonds. The van der Waals surface area contributed by atoms with Gasteiger partial charge in [-0.3, -0.25) is 9.36 Å². The van der Waals surface area contributed by atoms with E-state index in [0.717, 1.165) is 51.3 Å². The fourth-order valence-electron chi connectivity index (χ4n) is 5.73. The lowest BCUT2D eigenvalue weighted by Gasteiger charge is -2.11. The zero-order valence-electron chi connectivity index (χ0n) is 23.9. The molecule has 4 heterocycles. The molecule has 0 saturated heterocycles. The van der Waals surface area contributed by atoms with Crippen molar-refractivity contribution in [2.75, 3.05) is 0 Å². The zero-order chi connectivity index (χ0) is 28.8.